The predicted octanol–water partition coefficient (Wildman–Crippen LogP) is 7.27. The van der Waals surface area contributed by atoms with Crippen molar-refractivity contribution in [3.63, 3.8) is 0 Å². The highest BCUT2D eigenvalue weighted by Crippen LogP contribution is 2.13. The van der Waals surface area contributed by atoms with E-state index in [2.05, 4.69) is 13.8 Å². The molecule has 0 aromatic carbocycles. The highest BCUT2D eigenvalue weighted by atomic mass is 14.0. The summed E-state index contributed by atoms with van der Waals surface area (Å²) in [7, 11) is 0. The third kappa shape index (κ3) is 16.0. The van der Waals surface area contributed by atoms with Gasteiger partial charge in [0.1, 0.15) is 0 Å². The van der Waals surface area contributed by atoms with Crippen LogP contribution in [0.5, 0.6) is 0 Å². The van der Waals surface area contributed by atoms with Crippen LogP contribution in [-0.4, -0.2) is 0 Å². The Kier molecular flexibility index (Phi) is 13.6. The van der Waals surface area contributed by atoms with Gasteiger partial charge in [-0.25, -0.2) is 0 Å². The summed E-state index contributed by atoms with van der Waals surface area (Å²) in [6, 6.07) is 0. The van der Waals surface area contributed by atoms with Gasteiger partial charge >= 0.3 is 0 Å². The molecule has 0 heteroatoms. The highest BCUT2D eigenvalue weighted by molar-refractivity contribution is 4.49. The smallest absolute Gasteiger partial charge is 0.0267 e. The molecule has 0 rings (SSSR count). The normalized spacial score (nSPS) is 13.4. The molecule has 0 N–H and O–H groups in total. The number of hydrogen-bond acceptors (Lipinski definition) is 0. The van der Waals surface area contributed by atoms with Crippen LogP contribution in [0.2, 0.25) is 0 Å². The van der Waals surface area contributed by atoms with Crippen LogP contribution < -0.4 is 0 Å². The molecule has 0 spiro atoms. The Balaban J connectivity index is 3.13. The Bertz CT molecular complexity index is 190. The lowest BCUT2D eigenvalue weighted by molar-refractivity contribution is 0.531. The molecule has 0 radical (unpaired) electrons. The van der Waals surface area contributed by atoms with E-state index in [0.717, 1.165) is 25.7 Å². The highest BCUT2D eigenvalue weighted by Gasteiger charge is 1.93. The van der Waals surface area contributed by atoms with Crippen molar-refractivity contribution >= 4 is 0 Å². The maximum atomic E-state index is 7.83. The minimum atomic E-state index is -0.909. The Morgan fingerprint density at radius 2 is 0.778 bits per heavy atom. The topological polar surface area (TPSA) is 0 Å². The third-order valence-electron chi connectivity index (χ3n) is 3.63. The average molecular weight is 257 g/mol. The lowest BCUT2D eigenvalue weighted by atomic mass is 10.0. The molecule has 0 aliphatic rings. The monoisotopic (exact) mass is 256 g/mol. The first-order valence-corrected chi connectivity index (χ1v) is 8.62. The molecule has 0 fully saturated rings. The van der Waals surface area contributed by atoms with E-state index in [1.807, 2.05) is 0 Å². The summed E-state index contributed by atoms with van der Waals surface area (Å²) in [5.41, 5.74) is 0. The van der Waals surface area contributed by atoms with Crippen molar-refractivity contribution < 1.29 is 2.74 Å². The zero-order chi connectivity index (χ0) is 15.1. The molecule has 0 amide bonds. The summed E-state index contributed by atoms with van der Waals surface area (Å²) in [6.45, 7) is 4.34. The van der Waals surface area contributed by atoms with Crippen molar-refractivity contribution in [2.75, 3.05) is 0 Å². The van der Waals surface area contributed by atoms with E-state index in [1.54, 1.807) is 0 Å². The van der Waals surface area contributed by atoms with E-state index in [1.165, 1.54) is 70.6 Å². The van der Waals surface area contributed by atoms with Crippen LogP contribution >= 0.6 is 0 Å². The molecular weight excluding hydrogens is 216 g/mol. The van der Waals surface area contributed by atoms with Gasteiger partial charge in [-0.3, -0.25) is 0 Å². The Labute approximate surface area is 120 Å². The summed E-state index contributed by atoms with van der Waals surface area (Å²) in [4.78, 5) is 0. The van der Waals surface area contributed by atoms with Gasteiger partial charge in [-0.1, -0.05) is 117 Å². The van der Waals surface area contributed by atoms with Crippen LogP contribution in [0.4, 0.5) is 0 Å². The van der Waals surface area contributed by atoms with E-state index in [4.69, 9.17) is 2.74 Å². The largest absolute Gasteiger partial charge is 0.0654 e. The minimum absolute atomic E-state index is 0.727. The molecule has 0 aromatic heterocycles. The van der Waals surface area contributed by atoms with Crippen LogP contribution in [0, 0.1) is 0 Å². The van der Waals surface area contributed by atoms with Crippen LogP contribution in [0.1, 0.15) is 119 Å². The standard InChI is InChI=1S/C18H38/c1-3-5-7-9-11-13-15-17-18-16-14-12-10-8-6-4-2/h3-18H2,1-2H3/i7D2. The van der Waals surface area contributed by atoms with Gasteiger partial charge < -0.3 is 0 Å². The van der Waals surface area contributed by atoms with Gasteiger partial charge in [0.15, 0.2) is 0 Å². The third-order valence-corrected chi connectivity index (χ3v) is 3.63. The molecule has 0 aromatic rings. The molecule has 0 atom stereocenters. The average Bonchev–Trinajstić information content (AvgIpc) is 2.40. The van der Waals surface area contributed by atoms with E-state index in [9.17, 15) is 0 Å². The van der Waals surface area contributed by atoms with Crippen LogP contribution in [0.3, 0.4) is 0 Å². The van der Waals surface area contributed by atoms with Gasteiger partial charge in [0.05, 0.1) is 0 Å². The van der Waals surface area contributed by atoms with Crippen LogP contribution in [0.15, 0.2) is 0 Å². The summed E-state index contributed by atoms with van der Waals surface area (Å²) >= 11 is 0. The van der Waals surface area contributed by atoms with Gasteiger partial charge in [-0.05, 0) is 0 Å². The SMILES string of the molecule is [2H]C([2H])(CCC)CCCCCCCCCCCCCC. The van der Waals surface area contributed by atoms with E-state index >= 15 is 0 Å². The predicted molar refractivity (Wildman–Crippen MR) is 85.2 cm³/mol. The summed E-state index contributed by atoms with van der Waals surface area (Å²) < 4.78 is 15.7. The summed E-state index contributed by atoms with van der Waals surface area (Å²) in [5, 5.41) is 0. The Hall–Kier alpha value is 0. The zero-order valence-electron chi connectivity index (χ0n) is 15.1. The fourth-order valence-electron chi connectivity index (χ4n) is 2.39. The fourth-order valence-corrected chi connectivity index (χ4v) is 2.39. The van der Waals surface area contributed by atoms with Crippen molar-refractivity contribution in [2.45, 2.75) is 117 Å². The lowest BCUT2D eigenvalue weighted by Gasteiger charge is -2.03. The van der Waals surface area contributed by atoms with E-state index in [-0.39, 0.29) is 0 Å². The van der Waals surface area contributed by atoms with Gasteiger partial charge in [-0.2, -0.15) is 0 Å². The molecule has 0 unspecified atom stereocenters. The second kappa shape index (κ2) is 17.0. The van der Waals surface area contributed by atoms with E-state index < -0.39 is 6.37 Å². The Morgan fingerprint density at radius 3 is 1.17 bits per heavy atom. The van der Waals surface area contributed by atoms with Crippen molar-refractivity contribution in [3.05, 3.63) is 0 Å². The lowest BCUT2D eigenvalue weighted by Crippen LogP contribution is -1.83. The molecule has 110 valence electrons. The Morgan fingerprint density at radius 1 is 0.444 bits per heavy atom. The summed E-state index contributed by atoms with van der Waals surface area (Å²) in [6.07, 6.45) is 17.7. The molecule has 0 bridgehead atoms. The van der Waals surface area contributed by atoms with Gasteiger partial charge in [-0.15, -0.1) is 0 Å². The van der Waals surface area contributed by atoms with Crippen LogP contribution in [0.25, 0.3) is 0 Å². The zero-order valence-corrected chi connectivity index (χ0v) is 13.1. The maximum absolute atomic E-state index is 7.83. The number of rotatable bonds is 15. The molecule has 0 saturated heterocycles. The molecule has 0 saturated carbocycles. The van der Waals surface area contributed by atoms with Gasteiger partial charge in [0, 0.05) is 2.74 Å². The molecule has 18 heavy (non-hydrogen) atoms. The van der Waals surface area contributed by atoms with Crippen molar-refractivity contribution in [1.29, 1.82) is 0 Å². The van der Waals surface area contributed by atoms with E-state index in [0.29, 0.717) is 0 Å². The first-order chi connectivity index (χ1) is 9.62. The van der Waals surface area contributed by atoms with Crippen molar-refractivity contribution in [1.82, 2.24) is 0 Å². The first-order valence-electron chi connectivity index (χ1n) is 9.62. The van der Waals surface area contributed by atoms with Crippen molar-refractivity contribution in [2.24, 2.45) is 0 Å². The molecule has 0 nitrogen and oxygen atoms in total. The summed E-state index contributed by atoms with van der Waals surface area (Å²) in [5.74, 6) is 0. The van der Waals surface area contributed by atoms with Gasteiger partial charge in [0.25, 0.3) is 0 Å². The maximum Gasteiger partial charge on any atom is 0.0267 e. The minimum Gasteiger partial charge on any atom is -0.0654 e. The fraction of sp³-hybridized carbons (Fsp3) is 1.00. The number of hydrogen-bond donors (Lipinski definition) is 0. The van der Waals surface area contributed by atoms with Gasteiger partial charge in [0.2, 0.25) is 0 Å². The van der Waals surface area contributed by atoms with Crippen LogP contribution in [-0.2, 0) is 0 Å². The molecule has 0 heterocycles. The second-order valence-corrected chi connectivity index (χ2v) is 5.64. The quantitative estimate of drug-likeness (QED) is 0.270. The molecule has 0 aliphatic heterocycles. The van der Waals surface area contributed by atoms with Crippen molar-refractivity contribution in [3.8, 4) is 0 Å². The number of unbranched alkanes of at least 4 members (excludes halogenated alkanes) is 11. The second-order valence-electron chi connectivity index (χ2n) is 5.64. The molecule has 0 aliphatic carbocycles. The molecular formula is C18H38. The first kappa shape index (κ1) is 14.4.